The van der Waals surface area contributed by atoms with E-state index in [0.29, 0.717) is 12.8 Å². The molecule has 0 saturated carbocycles. The van der Waals surface area contributed by atoms with Gasteiger partial charge in [-0.1, -0.05) is 11.1 Å². The summed E-state index contributed by atoms with van der Waals surface area (Å²) in [6.45, 7) is 15.0. The molecule has 0 unspecified atom stereocenters. The van der Waals surface area contributed by atoms with Crippen molar-refractivity contribution >= 4 is 11.8 Å². The van der Waals surface area contributed by atoms with E-state index >= 15 is 0 Å². The lowest BCUT2D eigenvalue weighted by Gasteiger charge is -1.79. The number of nitrogens with one attached hydrogen (secondary N) is 1. The van der Waals surface area contributed by atoms with Gasteiger partial charge in [-0.3, -0.25) is 14.9 Å². The van der Waals surface area contributed by atoms with E-state index in [1.165, 1.54) is 11.1 Å². The lowest BCUT2D eigenvalue weighted by molar-refractivity contribution is -0.124. The van der Waals surface area contributed by atoms with Crippen molar-refractivity contribution in [3.05, 3.63) is 24.3 Å². The maximum Gasteiger partial charge on any atom is 0.227 e. The van der Waals surface area contributed by atoms with Crippen LogP contribution in [0.2, 0.25) is 0 Å². The molecule has 1 rings (SSSR count). The van der Waals surface area contributed by atoms with Gasteiger partial charge in [0.25, 0.3) is 0 Å². The van der Waals surface area contributed by atoms with Gasteiger partial charge >= 0.3 is 0 Å². The Kier molecular flexibility index (Phi) is 9.84. The monoisotopic (exact) mass is 211 g/mol. The van der Waals surface area contributed by atoms with Gasteiger partial charge in [0.2, 0.25) is 11.8 Å². The zero-order chi connectivity index (χ0) is 12.4. The summed E-state index contributed by atoms with van der Waals surface area (Å²) >= 11 is 0. The van der Waals surface area contributed by atoms with Gasteiger partial charge in [-0.15, -0.1) is 13.2 Å². The molecule has 0 radical (unpaired) electrons. The van der Waals surface area contributed by atoms with Gasteiger partial charge in [0.15, 0.2) is 0 Å². The summed E-state index contributed by atoms with van der Waals surface area (Å²) in [6.07, 6.45) is 0.748. The molecule has 0 spiro atoms. The molecule has 0 aliphatic carbocycles. The molecule has 1 saturated heterocycles. The van der Waals surface area contributed by atoms with E-state index in [0.717, 1.165) is 0 Å². The summed E-state index contributed by atoms with van der Waals surface area (Å²) in [5, 5.41) is 2.14. The molecule has 1 fully saturated rings. The fourth-order valence-corrected chi connectivity index (χ4v) is 0.508. The molecule has 0 bridgehead atoms. The first-order chi connectivity index (χ1) is 6.75. The van der Waals surface area contributed by atoms with E-state index in [-0.39, 0.29) is 11.8 Å². The van der Waals surface area contributed by atoms with Crippen LogP contribution in [0.25, 0.3) is 0 Å². The zero-order valence-corrected chi connectivity index (χ0v) is 10.1. The highest BCUT2D eigenvalue weighted by Crippen LogP contribution is 1.95. The van der Waals surface area contributed by atoms with Crippen molar-refractivity contribution in [3.8, 4) is 0 Å². The van der Waals surface area contributed by atoms with Gasteiger partial charge in [0, 0.05) is 12.8 Å². The van der Waals surface area contributed by atoms with Crippen molar-refractivity contribution in [1.29, 1.82) is 0 Å². The van der Waals surface area contributed by atoms with Crippen LogP contribution in [0.1, 0.15) is 40.5 Å². The number of carbonyl (C=O) groups is 2. The Labute approximate surface area is 92.3 Å². The normalized spacial score (nSPS) is 12.8. The fourth-order valence-electron chi connectivity index (χ4n) is 0.508. The summed E-state index contributed by atoms with van der Waals surface area (Å²) in [6, 6.07) is 0. The van der Waals surface area contributed by atoms with Crippen LogP contribution >= 0.6 is 0 Å². The average Bonchev–Trinajstić information content (AvgIpc) is 2.31. The lowest BCUT2D eigenvalue weighted by atomic mass is 10.4. The Hall–Kier alpha value is -1.38. The molecule has 1 aliphatic rings. The first kappa shape index (κ1) is 16.1. The maximum absolute atomic E-state index is 10.1. The third-order valence-corrected chi connectivity index (χ3v) is 0.858. The standard InChI is InChI=1S/C4H5NO2.2C4H8/c6-3-1-2-4(7)5-3;2*1-4(2)3/h1-2H2,(H,5,6,7);2*1H2,2-3H3. The quantitative estimate of drug-likeness (QED) is 0.494. The molecule has 1 aliphatic heterocycles. The lowest BCUT2D eigenvalue weighted by Crippen LogP contribution is -2.18. The van der Waals surface area contributed by atoms with E-state index in [1.807, 2.05) is 27.7 Å². The van der Waals surface area contributed by atoms with Crippen molar-refractivity contribution in [2.24, 2.45) is 0 Å². The summed E-state index contributed by atoms with van der Waals surface area (Å²) in [4.78, 5) is 20.2. The van der Waals surface area contributed by atoms with Gasteiger partial charge in [-0.05, 0) is 27.7 Å². The first-order valence-electron chi connectivity index (χ1n) is 4.82. The zero-order valence-electron chi connectivity index (χ0n) is 10.1. The molecular formula is C12H21NO2. The Balaban J connectivity index is 0. The third-order valence-electron chi connectivity index (χ3n) is 0.858. The van der Waals surface area contributed by atoms with Crippen LogP contribution in [0.5, 0.6) is 0 Å². The second-order valence-corrected chi connectivity index (χ2v) is 3.89. The SMILES string of the molecule is C=C(C)C.C=C(C)C.O=C1CCC(=O)N1. The highest BCUT2D eigenvalue weighted by atomic mass is 16.2. The third kappa shape index (κ3) is 24.5. The van der Waals surface area contributed by atoms with Crippen molar-refractivity contribution < 1.29 is 9.59 Å². The van der Waals surface area contributed by atoms with Crippen molar-refractivity contribution in [2.75, 3.05) is 0 Å². The number of hydrogen-bond donors (Lipinski definition) is 1. The summed E-state index contributed by atoms with van der Waals surface area (Å²) in [5.41, 5.74) is 2.33. The molecule has 15 heavy (non-hydrogen) atoms. The Morgan fingerprint density at radius 1 is 0.933 bits per heavy atom. The fraction of sp³-hybridized carbons (Fsp3) is 0.500. The molecule has 0 aromatic rings. The molecule has 0 aromatic carbocycles. The molecule has 0 aromatic heterocycles. The summed E-state index contributed by atoms with van der Waals surface area (Å²) in [7, 11) is 0. The van der Waals surface area contributed by atoms with Crippen LogP contribution in [-0.2, 0) is 9.59 Å². The average molecular weight is 211 g/mol. The van der Waals surface area contributed by atoms with Crippen molar-refractivity contribution in [1.82, 2.24) is 5.32 Å². The Bertz CT molecular complexity index is 220. The predicted octanol–water partition coefficient (Wildman–Crippen LogP) is 2.59. The van der Waals surface area contributed by atoms with E-state index in [9.17, 15) is 9.59 Å². The Morgan fingerprint density at radius 2 is 1.13 bits per heavy atom. The topological polar surface area (TPSA) is 46.2 Å². The highest BCUT2D eigenvalue weighted by Gasteiger charge is 2.15. The minimum atomic E-state index is -0.148. The molecule has 3 nitrogen and oxygen atoms in total. The van der Waals surface area contributed by atoms with Crippen LogP contribution in [0.3, 0.4) is 0 Å². The van der Waals surface area contributed by atoms with Crippen molar-refractivity contribution in [2.45, 2.75) is 40.5 Å². The molecule has 86 valence electrons. The first-order valence-corrected chi connectivity index (χ1v) is 4.82. The molecule has 3 heteroatoms. The van der Waals surface area contributed by atoms with Crippen LogP contribution in [0.4, 0.5) is 0 Å². The highest BCUT2D eigenvalue weighted by molar-refractivity contribution is 6.01. The van der Waals surface area contributed by atoms with E-state index in [2.05, 4.69) is 18.5 Å². The van der Waals surface area contributed by atoms with Crippen LogP contribution < -0.4 is 5.32 Å². The minimum absolute atomic E-state index is 0.148. The largest absolute Gasteiger partial charge is 0.296 e. The summed E-state index contributed by atoms with van der Waals surface area (Å²) < 4.78 is 0. The second-order valence-electron chi connectivity index (χ2n) is 3.89. The molecular weight excluding hydrogens is 190 g/mol. The summed E-state index contributed by atoms with van der Waals surface area (Å²) in [5.74, 6) is -0.296. The van der Waals surface area contributed by atoms with Crippen LogP contribution in [-0.4, -0.2) is 11.8 Å². The molecule has 0 atom stereocenters. The number of allylic oxidation sites excluding steroid dienone is 2. The number of amides is 2. The van der Waals surface area contributed by atoms with Gasteiger partial charge in [0.05, 0.1) is 0 Å². The van der Waals surface area contributed by atoms with E-state index in [1.54, 1.807) is 0 Å². The minimum Gasteiger partial charge on any atom is -0.296 e. The van der Waals surface area contributed by atoms with Crippen LogP contribution in [0, 0.1) is 0 Å². The van der Waals surface area contributed by atoms with Gasteiger partial charge in [-0.25, -0.2) is 0 Å². The number of carbonyl (C=O) groups excluding carboxylic acids is 2. The van der Waals surface area contributed by atoms with E-state index < -0.39 is 0 Å². The smallest absolute Gasteiger partial charge is 0.227 e. The second kappa shape index (κ2) is 9.19. The van der Waals surface area contributed by atoms with Crippen molar-refractivity contribution in [3.63, 3.8) is 0 Å². The van der Waals surface area contributed by atoms with Gasteiger partial charge < -0.3 is 0 Å². The van der Waals surface area contributed by atoms with E-state index in [4.69, 9.17) is 0 Å². The number of rotatable bonds is 0. The molecule has 2 amide bonds. The van der Waals surface area contributed by atoms with Gasteiger partial charge in [-0.2, -0.15) is 0 Å². The maximum atomic E-state index is 10.1. The molecule has 1 N–H and O–H groups in total. The number of imide groups is 1. The van der Waals surface area contributed by atoms with Gasteiger partial charge in [0.1, 0.15) is 0 Å². The molecule has 1 heterocycles. The predicted molar refractivity (Wildman–Crippen MR) is 63.4 cm³/mol. The van der Waals surface area contributed by atoms with Crippen LogP contribution in [0.15, 0.2) is 24.3 Å². The number of hydrogen-bond acceptors (Lipinski definition) is 2. The Morgan fingerprint density at radius 3 is 1.20 bits per heavy atom.